The lowest BCUT2D eigenvalue weighted by Crippen LogP contribution is -2.16. The van der Waals surface area contributed by atoms with Crippen LogP contribution in [0.1, 0.15) is 81.4 Å². The van der Waals surface area contributed by atoms with Gasteiger partial charge in [-0.3, -0.25) is 0 Å². The van der Waals surface area contributed by atoms with E-state index in [-0.39, 0.29) is 5.82 Å². The highest BCUT2D eigenvalue weighted by molar-refractivity contribution is 5.64. The Balaban J connectivity index is 1.22. The molecular formula is C34H41F. The third-order valence-corrected chi connectivity index (χ3v) is 8.02. The maximum Gasteiger partial charge on any atom is 0.127 e. The molecule has 4 rings (SSSR count). The molecule has 0 unspecified atom stereocenters. The molecule has 1 atom stereocenters. The van der Waals surface area contributed by atoms with Crippen LogP contribution >= 0.6 is 0 Å². The number of rotatable bonds is 10. The Bertz CT molecular complexity index is 1060. The Morgan fingerprint density at radius 3 is 2.20 bits per heavy atom. The van der Waals surface area contributed by atoms with Crippen molar-refractivity contribution in [2.75, 3.05) is 0 Å². The molecule has 0 nitrogen and oxygen atoms in total. The predicted octanol–water partition coefficient (Wildman–Crippen LogP) is 9.93. The van der Waals surface area contributed by atoms with Crippen molar-refractivity contribution in [1.29, 1.82) is 0 Å². The Hall–Kier alpha value is -2.67. The lowest BCUT2D eigenvalue weighted by Gasteiger charge is -2.30. The van der Waals surface area contributed by atoms with Gasteiger partial charge in [0.05, 0.1) is 0 Å². The Morgan fingerprint density at radius 2 is 1.51 bits per heavy atom. The van der Waals surface area contributed by atoms with Crippen LogP contribution in [0.5, 0.6) is 0 Å². The first kappa shape index (κ1) is 25.4. The van der Waals surface area contributed by atoms with E-state index < -0.39 is 0 Å². The van der Waals surface area contributed by atoms with Crippen LogP contribution in [0.3, 0.4) is 0 Å². The molecule has 35 heavy (non-hydrogen) atoms. The molecular weight excluding hydrogens is 427 g/mol. The van der Waals surface area contributed by atoms with Crippen LogP contribution < -0.4 is 0 Å². The number of aryl methyl sites for hydroxylation is 2. The molecule has 1 aliphatic rings. The monoisotopic (exact) mass is 468 g/mol. The standard InChI is InChI=1S/C34H41F/c1-3-4-6-11-32-22-23-33(25-34(32)35)31-20-18-28(19-21-31)13-12-27-14-16-29(17-15-27)24-26(2)30-9-7-5-8-10-30/h3-5,7-10,18-23,25-27,29H,6,11-17,24H2,1-2H3/b4-3+/t26-,27?,29?/m0/s1. The molecule has 3 aromatic carbocycles. The van der Waals surface area contributed by atoms with E-state index in [4.69, 9.17) is 0 Å². The molecule has 0 heterocycles. The summed E-state index contributed by atoms with van der Waals surface area (Å²) in [6, 6.07) is 25.5. The van der Waals surface area contributed by atoms with Gasteiger partial charge >= 0.3 is 0 Å². The minimum Gasteiger partial charge on any atom is -0.207 e. The van der Waals surface area contributed by atoms with Gasteiger partial charge in [-0.1, -0.05) is 111 Å². The van der Waals surface area contributed by atoms with Crippen LogP contribution in [-0.4, -0.2) is 0 Å². The van der Waals surface area contributed by atoms with Gasteiger partial charge in [0, 0.05) is 0 Å². The van der Waals surface area contributed by atoms with Gasteiger partial charge < -0.3 is 0 Å². The summed E-state index contributed by atoms with van der Waals surface area (Å²) in [6.07, 6.45) is 15.0. The minimum absolute atomic E-state index is 0.0927. The van der Waals surface area contributed by atoms with Crippen LogP contribution in [0.25, 0.3) is 11.1 Å². The second-order valence-electron chi connectivity index (χ2n) is 10.6. The predicted molar refractivity (Wildman–Crippen MR) is 148 cm³/mol. The summed E-state index contributed by atoms with van der Waals surface area (Å²) in [5.41, 5.74) is 5.75. The molecule has 1 fully saturated rings. The van der Waals surface area contributed by atoms with Crippen molar-refractivity contribution in [3.8, 4) is 11.1 Å². The number of benzene rings is 3. The first-order valence-electron chi connectivity index (χ1n) is 13.7. The van der Waals surface area contributed by atoms with Crippen molar-refractivity contribution in [3.63, 3.8) is 0 Å². The molecule has 0 amide bonds. The van der Waals surface area contributed by atoms with Gasteiger partial charge in [0.15, 0.2) is 0 Å². The largest absolute Gasteiger partial charge is 0.207 e. The zero-order chi connectivity index (χ0) is 24.5. The molecule has 0 aliphatic heterocycles. The molecule has 0 bridgehead atoms. The second kappa shape index (κ2) is 12.9. The molecule has 3 aromatic rings. The van der Waals surface area contributed by atoms with Crippen molar-refractivity contribution >= 4 is 0 Å². The van der Waals surface area contributed by atoms with E-state index in [2.05, 4.69) is 73.7 Å². The van der Waals surface area contributed by atoms with Crippen molar-refractivity contribution in [2.45, 2.75) is 77.6 Å². The lowest BCUT2D eigenvalue weighted by atomic mass is 9.75. The average molecular weight is 469 g/mol. The Labute approximate surface area is 212 Å². The Kier molecular flexibility index (Phi) is 9.35. The third kappa shape index (κ3) is 7.40. The molecule has 1 aliphatic carbocycles. The fourth-order valence-corrected chi connectivity index (χ4v) is 5.74. The summed E-state index contributed by atoms with van der Waals surface area (Å²) in [7, 11) is 0. The van der Waals surface area contributed by atoms with E-state index >= 15 is 0 Å². The van der Waals surface area contributed by atoms with Gasteiger partial charge in [-0.25, -0.2) is 4.39 Å². The first-order valence-corrected chi connectivity index (χ1v) is 13.7. The number of allylic oxidation sites excluding steroid dienone is 2. The quantitative estimate of drug-likeness (QED) is 0.260. The van der Waals surface area contributed by atoms with Crippen molar-refractivity contribution < 1.29 is 4.39 Å². The van der Waals surface area contributed by atoms with Crippen LogP contribution in [0.4, 0.5) is 4.39 Å². The number of hydrogen-bond acceptors (Lipinski definition) is 0. The summed E-state index contributed by atoms with van der Waals surface area (Å²) in [4.78, 5) is 0. The Morgan fingerprint density at radius 1 is 0.829 bits per heavy atom. The van der Waals surface area contributed by atoms with Crippen LogP contribution in [0.15, 0.2) is 84.9 Å². The van der Waals surface area contributed by atoms with Gasteiger partial charge in [0.2, 0.25) is 0 Å². The molecule has 184 valence electrons. The van der Waals surface area contributed by atoms with Gasteiger partial charge in [-0.15, -0.1) is 0 Å². The van der Waals surface area contributed by atoms with Gasteiger partial charge in [-0.2, -0.15) is 0 Å². The zero-order valence-electron chi connectivity index (χ0n) is 21.6. The van der Waals surface area contributed by atoms with Gasteiger partial charge in [0.1, 0.15) is 5.82 Å². The van der Waals surface area contributed by atoms with Crippen LogP contribution in [-0.2, 0) is 12.8 Å². The summed E-state index contributed by atoms with van der Waals surface area (Å²) in [5, 5.41) is 0. The van der Waals surface area contributed by atoms with E-state index in [0.717, 1.165) is 47.8 Å². The molecule has 1 saturated carbocycles. The molecule has 1 heteroatoms. The van der Waals surface area contributed by atoms with Crippen molar-refractivity contribution in [1.82, 2.24) is 0 Å². The molecule has 0 radical (unpaired) electrons. The topological polar surface area (TPSA) is 0 Å². The van der Waals surface area contributed by atoms with E-state index in [1.807, 2.05) is 19.1 Å². The van der Waals surface area contributed by atoms with E-state index in [1.54, 1.807) is 6.07 Å². The lowest BCUT2D eigenvalue weighted by molar-refractivity contribution is 0.245. The third-order valence-electron chi connectivity index (χ3n) is 8.02. The molecule has 0 N–H and O–H groups in total. The normalized spacial score (nSPS) is 19.2. The van der Waals surface area contributed by atoms with Crippen molar-refractivity contribution in [2.24, 2.45) is 11.8 Å². The van der Waals surface area contributed by atoms with Gasteiger partial charge in [-0.05, 0) is 90.7 Å². The summed E-state index contributed by atoms with van der Waals surface area (Å²) < 4.78 is 14.5. The first-order chi connectivity index (χ1) is 17.1. The second-order valence-corrected chi connectivity index (χ2v) is 10.6. The SMILES string of the molecule is C/C=C/CCc1ccc(-c2ccc(CCC3CCC(C[C@H](C)c4ccccc4)CC3)cc2)cc1F. The van der Waals surface area contributed by atoms with E-state index in [1.165, 1.54) is 49.7 Å². The maximum atomic E-state index is 14.5. The minimum atomic E-state index is -0.0927. The maximum absolute atomic E-state index is 14.5. The van der Waals surface area contributed by atoms with E-state index in [0.29, 0.717) is 5.92 Å². The number of hydrogen-bond donors (Lipinski definition) is 0. The smallest absolute Gasteiger partial charge is 0.127 e. The van der Waals surface area contributed by atoms with Crippen LogP contribution in [0.2, 0.25) is 0 Å². The fraction of sp³-hybridized carbons (Fsp3) is 0.412. The van der Waals surface area contributed by atoms with Crippen molar-refractivity contribution in [3.05, 3.63) is 107 Å². The van der Waals surface area contributed by atoms with E-state index in [9.17, 15) is 4.39 Å². The molecule has 0 aromatic heterocycles. The molecule has 0 spiro atoms. The summed E-state index contributed by atoms with van der Waals surface area (Å²) >= 11 is 0. The van der Waals surface area contributed by atoms with Crippen LogP contribution in [0, 0.1) is 17.7 Å². The highest BCUT2D eigenvalue weighted by atomic mass is 19.1. The summed E-state index contributed by atoms with van der Waals surface area (Å²) in [5.74, 6) is 2.32. The fourth-order valence-electron chi connectivity index (χ4n) is 5.74. The highest BCUT2D eigenvalue weighted by Gasteiger charge is 2.23. The van der Waals surface area contributed by atoms with Gasteiger partial charge in [0.25, 0.3) is 0 Å². The highest BCUT2D eigenvalue weighted by Crippen LogP contribution is 2.37. The average Bonchev–Trinajstić information content (AvgIpc) is 2.90. The summed E-state index contributed by atoms with van der Waals surface area (Å²) in [6.45, 7) is 4.39. The molecule has 0 saturated heterocycles. The number of halogens is 1. The zero-order valence-corrected chi connectivity index (χ0v) is 21.6.